The van der Waals surface area contributed by atoms with Gasteiger partial charge in [0, 0.05) is 26.2 Å². The second kappa shape index (κ2) is 6.31. The van der Waals surface area contributed by atoms with Crippen molar-refractivity contribution in [2.45, 2.75) is 50.7 Å². The van der Waals surface area contributed by atoms with E-state index in [9.17, 15) is 9.90 Å². The third-order valence-electron chi connectivity index (χ3n) is 6.11. The number of likely N-dealkylation sites (tertiary alicyclic amines) is 1. The van der Waals surface area contributed by atoms with Gasteiger partial charge in [-0.1, -0.05) is 0 Å². The van der Waals surface area contributed by atoms with Crippen LogP contribution in [-0.2, 0) is 0 Å². The third kappa shape index (κ3) is 2.88. The Morgan fingerprint density at radius 3 is 2.50 bits per heavy atom. The van der Waals surface area contributed by atoms with Crippen molar-refractivity contribution in [3.8, 4) is 0 Å². The molecule has 3 fully saturated rings. The summed E-state index contributed by atoms with van der Waals surface area (Å²) < 4.78 is 0. The molecule has 1 N–H and O–H groups in total. The van der Waals surface area contributed by atoms with Crippen LogP contribution < -0.4 is 4.90 Å². The standard InChI is InChI=1S/C18H26N4O2/c1-21(14-6-12-8-15(23)9-13(12)7-14)17-11-19-10-16(20-17)18(24)22-4-2-3-5-22/h10-15,23H,2-9H2,1H3/t12-,13+,14?,15?. The van der Waals surface area contributed by atoms with Gasteiger partial charge in [-0.15, -0.1) is 0 Å². The predicted molar refractivity (Wildman–Crippen MR) is 90.8 cm³/mol. The number of amides is 1. The lowest BCUT2D eigenvalue weighted by Gasteiger charge is -2.26. The summed E-state index contributed by atoms with van der Waals surface area (Å²) in [6.07, 6.45) is 9.47. The molecule has 4 atom stereocenters. The third-order valence-corrected chi connectivity index (χ3v) is 6.11. The first-order valence-electron chi connectivity index (χ1n) is 9.14. The van der Waals surface area contributed by atoms with Crippen molar-refractivity contribution in [1.82, 2.24) is 14.9 Å². The molecule has 1 aliphatic heterocycles. The number of aliphatic hydroxyl groups is 1. The van der Waals surface area contributed by atoms with Crippen LogP contribution in [0.2, 0.25) is 0 Å². The first-order valence-corrected chi connectivity index (χ1v) is 9.14. The lowest BCUT2D eigenvalue weighted by Crippen LogP contribution is -2.32. The minimum Gasteiger partial charge on any atom is -0.393 e. The zero-order chi connectivity index (χ0) is 16.7. The molecule has 0 aromatic carbocycles. The molecule has 2 aliphatic carbocycles. The molecule has 6 nitrogen and oxygen atoms in total. The molecule has 0 spiro atoms. The van der Waals surface area contributed by atoms with Crippen LogP contribution in [0.1, 0.15) is 49.0 Å². The van der Waals surface area contributed by atoms with E-state index in [-0.39, 0.29) is 12.0 Å². The Balaban J connectivity index is 1.46. The van der Waals surface area contributed by atoms with Crippen molar-refractivity contribution in [3.05, 3.63) is 18.1 Å². The van der Waals surface area contributed by atoms with Gasteiger partial charge < -0.3 is 14.9 Å². The van der Waals surface area contributed by atoms with Gasteiger partial charge in [-0.2, -0.15) is 0 Å². The Kier molecular flexibility index (Phi) is 4.16. The maximum absolute atomic E-state index is 12.5. The number of rotatable bonds is 3. The first-order chi connectivity index (χ1) is 11.6. The van der Waals surface area contributed by atoms with E-state index in [1.807, 2.05) is 4.90 Å². The van der Waals surface area contributed by atoms with Crippen LogP contribution >= 0.6 is 0 Å². The maximum Gasteiger partial charge on any atom is 0.274 e. The van der Waals surface area contributed by atoms with E-state index in [0.717, 1.165) is 57.4 Å². The van der Waals surface area contributed by atoms with Crippen molar-refractivity contribution in [2.75, 3.05) is 25.0 Å². The second-order valence-electron chi connectivity index (χ2n) is 7.64. The Hall–Kier alpha value is -1.69. The molecular formula is C18H26N4O2. The minimum atomic E-state index is -0.104. The summed E-state index contributed by atoms with van der Waals surface area (Å²) in [6, 6.07) is 0.430. The van der Waals surface area contributed by atoms with Gasteiger partial charge in [0.2, 0.25) is 0 Å². The Morgan fingerprint density at radius 2 is 1.83 bits per heavy atom. The maximum atomic E-state index is 12.5. The molecule has 3 aliphatic rings. The highest BCUT2D eigenvalue weighted by Gasteiger charge is 2.42. The number of anilines is 1. The van der Waals surface area contributed by atoms with E-state index in [1.54, 1.807) is 12.4 Å². The normalized spacial score (nSPS) is 32.2. The average Bonchev–Trinajstić information content (AvgIpc) is 3.29. The molecule has 24 heavy (non-hydrogen) atoms. The molecule has 2 unspecified atom stereocenters. The molecule has 6 heteroatoms. The van der Waals surface area contributed by atoms with Gasteiger partial charge in [-0.05, 0) is 50.4 Å². The summed E-state index contributed by atoms with van der Waals surface area (Å²) in [6.45, 7) is 1.66. The van der Waals surface area contributed by atoms with Gasteiger partial charge in [0.15, 0.2) is 0 Å². The number of carbonyl (C=O) groups is 1. The molecule has 1 saturated heterocycles. The van der Waals surface area contributed by atoms with Crippen molar-refractivity contribution in [1.29, 1.82) is 0 Å². The van der Waals surface area contributed by atoms with Crippen molar-refractivity contribution in [2.24, 2.45) is 11.8 Å². The van der Waals surface area contributed by atoms with Crippen LogP contribution in [0.15, 0.2) is 12.4 Å². The average molecular weight is 330 g/mol. The van der Waals surface area contributed by atoms with Gasteiger partial charge in [0.1, 0.15) is 11.5 Å². The lowest BCUT2D eigenvalue weighted by atomic mass is 10.0. The smallest absolute Gasteiger partial charge is 0.274 e. The molecule has 1 aromatic rings. The van der Waals surface area contributed by atoms with Gasteiger partial charge in [-0.3, -0.25) is 9.78 Å². The molecule has 2 heterocycles. The summed E-state index contributed by atoms with van der Waals surface area (Å²) in [5, 5.41) is 9.80. The SMILES string of the molecule is CN(c1cncc(C(=O)N2CCCC2)n1)C1C[C@H]2CC(O)C[C@H]2C1. The van der Waals surface area contributed by atoms with Crippen LogP contribution in [-0.4, -0.2) is 58.2 Å². The molecule has 0 bridgehead atoms. The van der Waals surface area contributed by atoms with E-state index >= 15 is 0 Å². The minimum absolute atomic E-state index is 0.00154. The number of aromatic nitrogens is 2. The number of nitrogens with zero attached hydrogens (tertiary/aromatic N) is 4. The highest BCUT2D eigenvalue weighted by Crippen LogP contribution is 2.45. The largest absolute Gasteiger partial charge is 0.393 e. The summed E-state index contributed by atoms with van der Waals surface area (Å²) >= 11 is 0. The summed E-state index contributed by atoms with van der Waals surface area (Å²) in [4.78, 5) is 25.4. The fourth-order valence-corrected chi connectivity index (χ4v) is 4.77. The lowest BCUT2D eigenvalue weighted by molar-refractivity contribution is 0.0786. The fraction of sp³-hybridized carbons (Fsp3) is 0.722. The van der Waals surface area contributed by atoms with E-state index < -0.39 is 0 Å². The van der Waals surface area contributed by atoms with Gasteiger partial charge in [0.05, 0.1) is 18.5 Å². The molecule has 1 aromatic heterocycles. The number of aliphatic hydroxyl groups excluding tert-OH is 1. The summed E-state index contributed by atoms with van der Waals surface area (Å²) in [5.41, 5.74) is 0.454. The molecule has 1 amide bonds. The predicted octanol–water partition coefficient (Wildman–Crippen LogP) is 1.70. The molecule has 130 valence electrons. The molecule has 2 saturated carbocycles. The van der Waals surface area contributed by atoms with Gasteiger partial charge in [0.25, 0.3) is 5.91 Å². The zero-order valence-electron chi connectivity index (χ0n) is 14.3. The van der Waals surface area contributed by atoms with E-state index in [1.165, 1.54) is 0 Å². The van der Waals surface area contributed by atoms with Crippen LogP contribution in [0.3, 0.4) is 0 Å². The Morgan fingerprint density at radius 1 is 1.17 bits per heavy atom. The van der Waals surface area contributed by atoms with E-state index in [4.69, 9.17) is 0 Å². The van der Waals surface area contributed by atoms with E-state index in [2.05, 4.69) is 21.9 Å². The zero-order valence-corrected chi connectivity index (χ0v) is 14.3. The highest BCUT2D eigenvalue weighted by atomic mass is 16.3. The monoisotopic (exact) mass is 330 g/mol. The summed E-state index contributed by atoms with van der Waals surface area (Å²) in [5.74, 6) is 2.05. The summed E-state index contributed by atoms with van der Waals surface area (Å²) in [7, 11) is 2.05. The number of carbonyl (C=O) groups excluding carboxylic acids is 1. The van der Waals surface area contributed by atoms with Gasteiger partial charge >= 0.3 is 0 Å². The highest BCUT2D eigenvalue weighted by molar-refractivity contribution is 5.92. The fourth-order valence-electron chi connectivity index (χ4n) is 4.77. The second-order valence-corrected chi connectivity index (χ2v) is 7.64. The number of hydrogen-bond donors (Lipinski definition) is 1. The number of hydrogen-bond acceptors (Lipinski definition) is 5. The number of fused-ring (bicyclic) bond motifs is 1. The molecule has 4 rings (SSSR count). The first kappa shape index (κ1) is 15.8. The van der Waals surface area contributed by atoms with Crippen molar-refractivity contribution in [3.63, 3.8) is 0 Å². The van der Waals surface area contributed by atoms with Crippen LogP contribution in [0.5, 0.6) is 0 Å². The van der Waals surface area contributed by atoms with Crippen LogP contribution in [0.25, 0.3) is 0 Å². The molecular weight excluding hydrogens is 304 g/mol. The van der Waals surface area contributed by atoms with Crippen LogP contribution in [0, 0.1) is 11.8 Å². The van der Waals surface area contributed by atoms with Crippen molar-refractivity contribution >= 4 is 11.7 Å². The molecule has 0 radical (unpaired) electrons. The van der Waals surface area contributed by atoms with E-state index in [0.29, 0.717) is 23.6 Å². The topological polar surface area (TPSA) is 69.6 Å². The van der Waals surface area contributed by atoms with Gasteiger partial charge in [-0.25, -0.2) is 4.98 Å². The Labute approximate surface area is 142 Å². The van der Waals surface area contributed by atoms with Crippen molar-refractivity contribution < 1.29 is 9.90 Å². The Bertz CT molecular complexity index is 603. The van der Waals surface area contributed by atoms with Crippen LogP contribution in [0.4, 0.5) is 5.82 Å². The quantitative estimate of drug-likeness (QED) is 0.913.